The van der Waals surface area contributed by atoms with Gasteiger partial charge in [0.25, 0.3) is 0 Å². The van der Waals surface area contributed by atoms with Gasteiger partial charge in [-0.3, -0.25) is 4.79 Å². The van der Waals surface area contributed by atoms with Crippen LogP contribution in [0, 0.1) is 0 Å². The number of halogens is 1. The first kappa shape index (κ1) is 24.0. The first-order valence-electron chi connectivity index (χ1n) is 9.21. The van der Waals surface area contributed by atoms with Gasteiger partial charge in [-0.15, -0.1) is 35.3 Å². The van der Waals surface area contributed by atoms with Crippen LogP contribution in [-0.4, -0.2) is 88.2 Å². The number of thiophene rings is 1. The summed E-state index contributed by atoms with van der Waals surface area (Å²) in [6.45, 7) is 8.15. The Bertz CT molecular complexity index is 560. The summed E-state index contributed by atoms with van der Waals surface area (Å²) < 4.78 is 5.39. The van der Waals surface area contributed by atoms with Crippen LogP contribution in [0.2, 0.25) is 0 Å². The van der Waals surface area contributed by atoms with E-state index in [0.29, 0.717) is 0 Å². The Morgan fingerprint density at radius 2 is 2.07 bits per heavy atom. The number of likely N-dealkylation sites (N-methyl/N-ethyl adjacent to an activating group) is 1. The third-order valence-electron chi connectivity index (χ3n) is 4.21. The smallest absolute Gasteiger partial charge is 0.243 e. The number of hydrogen-bond donors (Lipinski definition) is 1. The highest BCUT2D eigenvalue weighted by molar-refractivity contribution is 14.0. The molecule has 1 saturated heterocycles. The van der Waals surface area contributed by atoms with E-state index in [2.05, 4.69) is 37.6 Å². The lowest BCUT2D eigenvalue weighted by Gasteiger charge is -2.37. The van der Waals surface area contributed by atoms with Crippen LogP contribution < -0.4 is 10.2 Å². The van der Waals surface area contributed by atoms with Crippen LogP contribution in [0.1, 0.15) is 13.3 Å². The van der Waals surface area contributed by atoms with Crippen LogP contribution in [0.25, 0.3) is 0 Å². The molecule has 0 bridgehead atoms. The Labute approximate surface area is 183 Å². The lowest BCUT2D eigenvalue weighted by molar-refractivity contribution is -0.127. The number of hydrogen-bond acceptors (Lipinski definition) is 5. The zero-order chi connectivity index (χ0) is 18.8. The lowest BCUT2D eigenvalue weighted by Crippen LogP contribution is -2.52. The number of guanidine groups is 1. The number of rotatable bonds is 8. The predicted molar refractivity (Wildman–Crippen MR) is 124 cm³/mol. The Morgan fingerprint density at radius 3 is 2.67 bits per heavy atom. The highest BCUT2D eigenvalue weighted by atomic mass is 127. The van der Waals surface area contributed by atoms with Gasteiger partial charge in [0, 0.05) is 60.0 Å². The first-order valence-corrected chi connectivity index (χ1v) is 10.1. The second kappa shape index (κ2) is 13.2. The second-order valence-electron chi connectivity index (χ2n) is 6.33. The zero-order valence-electron chi connectivity index (χ0n) is 16.5. The van der Waals surface area contributed by atoms with Crippen molar-refractivity contribution in [1.29, 1.82) is 0 Å². The molecule has 1 aromatic heterocycles. The van der Waals surface area contributed by atoms with Crippen molar-refractivity contribution in [3.63, 3.8) is 0 Å². The van der Waals surface area contributed by atoms with Crippen molar-refractivity contribution < 1.29 is 9.53 Å². The number of piperazine rings is 1. The molecule has 1 aromatic rings. The molecular formula is C18H32IN5O2S. The summed E-state index contributed by atoms with van der Waals surface area (Å²) in [5, 5.41) is 6.83. The molecule has 1 N–H and O–H groups in total. The van der Waals surface area contributed by atoms with Crippen molar-refractivity contribution in [3.8, 4) is 0 Å². The maximum atomic E-state index is 11.9. The van der Waals surface area contributed by atoms with Gasteiger partial charge in [0.1, 0.15) is 6.54 Å². The minimum Gasteiger partial charge on any atom is -0.382 e. The third kappa shape index (κ3) is 8.22. The van der Waals surface area contributed by atoms with E-state index >= 15 is 0 Å². The van der Waals surface area contributed by atoms with E-state index in [-0.39, 0.29) is 36.4 Å². The van der Waals surface area contributed by atoms with Crippen LogP contribution in [0.5, 0.6) is 0 Å². The number of carbonyl (C=O) groups is 1. The van der Waals surface area contributed by atoms with Crippen molar-refractivity contribution in [2.45, 2.75) is 13.3 Å². The fraction of sp³-hybridized carbons (Fsp3) is 0.667. The molecule has 9 heteroatoms. The van der Waals surface area contributed by atoms with Crippen molar-refractivity contribution in [2.24, 2.45) is 4.99 Å². The van der Waals surface area contributed by atoms with Gasteiger partial charge >= 0.3 is 0 Å². The van der Waals surface area contributed by atoms with Crippen LogP contribution in [0.3, 0.4) is 0 Å². The van der Waals surface area contributed by atoms with Gasteiger partial charge in [0.15, 0.2) is 5.96 Å². The summed E-state index contributed by atoms with van der Waals surface area (Å²) in [7, 11) is 3.51. The number of nitrogens with zero attached hydrogens (tertiary/aromatic N) is 4. The van der Waals surface area contributed by atoms with Gasteiger partial charge in [-0.05, 0) is 30.9 Å². The topological polar surface area (TPSA) is 60.4 Å². The Morgan fingerprint density at radius 1 is 1.33 bits per heavy atom. The quantitative estimate of drug-likeness (QED) is 0.251. The molecular weight excluding hydrogens is 477 g/mol. The molecule has 2 heterocycles. The lowest BCUT2D eigenvalue weighted by atomic mass is 10.3. The Hall–Kier alpha value is -1.07. The molecule has 0 spiro atoms. The molecule has 7 nitrogen and oxygen atoms in total. The average Bonchev–Trinajstić information content (AvgIpc) is 3.18. The van der Waals surface area contributed by atoms with E-state index in [1.165, 1.54) is 5.00 Å². The van der Waals surface area contributed by atoms with Gasteiger partial charge in [-0.25, -0.2) is 4.99 Å². The standard InChI is InChI=1S/C18H31N5O2S.HI/c1-4-25-13-6-8-19-18(20-15-16(24)21(2)3)23-11-9-22(10-12-23)17-7-5-14-26-17;/h5,7,14H,4,6,8-13,15H2,1-3H3,(H,19,20);1H. The maximum absolute atomic E-state index is 11.9. The fourth-order valence-electron chi connectivity index (χ4n) is 2.66. The maximum Gasteiger partial charge on any atom is 0.243 e. The second-order valence-corrected chi connectivity index (χ2v) is 7.26. The Kier molecular flexibility index (Phi) is 11.7. The van der Waals surface area contributed by atoms with E-state index in [4.69, 9.17) is 4.74 Å². The molecule has 0 aromatic carbocycles. The van der Waals surface area contributed by atoms with Crippen molar-refractivity contribution in [3.05, 3.63) is 17.5 Å². The van der Waals surface area contributed by atoms with E-state index in [9.17, 15) is 4.79 Å². The normalized spacial score (nSPS) is 14.7. The molecule has 0 radical (unpaired) electrons. The Balaban J connectivity index is 0.00000364. The molecule has 1 fully saturated rings. The number of amides is 1. The van der Waals surface area contributed by atoms with Gasteiger partial charge < -0.3 is 24.8 Å². The summed E-state index contributed by atoms with van der Waals surface area (Å²) in [5.74, 6) is 0.832. The highest BCUT2D eigenvalue weighted by Gasteiger charge is 2.20. The minimum atomic E-state index is 0. The summed E-state index contributed by atoms with van der Waals surface area (Å²) >= 11 is 1.78. The number of anilines is 1. The fourth-order valence-corrected chi connectivity index (χ4v) is 3.44. The largest absolute Gasteiger partial charge is 0.382 e. The zero-order valence-corrected chi connectivity index (χ0v) is 19.7. The average molecular weight is 509 g/mol. The summed E-state index contributed by atoms with van der Waals surface area (Å²) in [6, 6.07) is 4.25. The molecule has 2 rings (SSSR count). The highest BCUT2D eigenvalue weighted by Crippen LogP contribution is 2.22. The summed E-state index contributed by atoms with van der Waals surface area (Å²) in [4.78, 5) is 22.7. The van der Waals surface area contributed by atoms with Gasteiger partial charge in [-0.1, -0.05) is 0 Å². The molecule has 1 aliphatic heterocycles. The van der Waals surface area contributed by atoms with Crippen LogP contribution in [0.15, 0.2) is 22.5 Å². The number of aliphatic imine (C=N–C) groups is 1. The summed E-state index contributed by atoms with van der Waals surface area (Å²) in [6.07, 6.45) is 0.920. The van der Waals surface area contributed by atoms with Crippen LogP contribution >= 0.6 is 35.3 Å². The molecule has 0 saturated carbocycles. The van der Waals surface area contributed by atoms with Crippen LogP contribution in [0.4, 0.5) is 5.00 Å². The van der Waals surface area contributed by atoms with Crippen molar-refractivity contribution >= 4 is 52.2 Å². The van der Waals surface area contributed by atoms with Gasteiger partial charge in [-0.2, -0.15) is 0 Å². The van der Waals surface area contributed by atoms with E-state index in [1.807, 2.05) is 6.92 Å². The van der Waals surface area contributed by atoms with E-state index in [0.717, 1.165) is 58.3 Å². The molecule has 0 aliphatic carbocycles. The molecule has 154 valence electrons. The monoisotopic (exact) mass is 509 g/mol. The van der Waals surface area contributed by atoms with Crippen molar-refractivity contribution in [1.82, 2.24) is 15.1 Å². The molecule has 0 atom stereocenters. The molecule has 0 unspecified atom stereocenters. The minimum absolute atomic E-state index is 0. The number of nitrogens with one attached hydrogen (secondary N) is 1. The number of carbonyl (C=O) groups excluding carboxylic acids is 1. The SMILES string of the molecule is CCOCCCNC(=NCC(=O)N(C)C)N1CCN(c2cccs2)CC1.I. The van der Waals surface area contributed by atoms with Gasteiger partial charge in [0.05, 0.1) is 5.00 Å². The molecule has 1 amide bonds. The van der Waals surface area contributed by atoms with Crippen LogP contribution in [-0.2, 0) is 9.53 Å². The van der Waals surface area contributed by atoms with E-state index in [1.54, 1.807) is 30.3 Å². The summed E-state index contributed by atoms with van der Waals surface area (Å²) in [5.41, 5.74) is 0. The predicted octanol–water partition coefficient (Wildman–Crippen LogP) is 1.95. The number of ether oxygens (including phenoxy) is 1. The molecule has 27 heavy (non-hydrogen) atoms. The first-order chi connectivity index (χ1) is 12.6. The van der Waals surface area contributed by atoms with E-state index < -0.39 is 0 Å². The van der Waals surface area contributed by atoms with Crippen molar-refractivity contribution in [2.75, 3.05) is 71.5 Å². The molecule has 1 aliphatic rings. The third-order valence-corrected chi connectivity index (χ3v) is 5.14. The van der Waals surface area contributed by atoms with Gasteiger partial charge in [0.2, 0.25) is 5.91 Å².